The van der Waals surface area contributed by atoms with E-state index in [-0.39, 0.29) is 11.9 Å². The van der Waals surface area contributed by atoms with Gasteiger partial charge >= 0.3 is 0 Å². The van der Waals surface area contributed by atoms with E-state index >= 15 is 0 Å². The lowest BCUT2D eigenvalue weighted by Crippen LogP contribution is -2.23. The van der Waals surface area contributed by atoms with Crippen LogP contribution in [0.3, 0.4) is 0 Å². The van der Waals surface area contributed by atoms with Crippen molar-refractivity contribution >= 4 is 5.78 Å². The molecule has 1 atom stereocenters. The highest BCUT2D eigenvalue weighted by atomic mass is 16.5. The molecule has 3 heteroatoms. The number of rotatable bonds is 7. The Morgan fingerprint density at radius 1 is 1.29 bits per heavy atom. The lowest BCUT2D eigenvalue weighted by Gasteiger charge is -2.15. The van der Waals surface area contributed by atoms with E-state index in [0.29, 0.717) is 17.9 Å². The number of ether oxygens (including phenoxy) is 2. The summed E-state index contributed by atoms with van der Waals surface area (Å²) in [5.74, 6) is 0.636. The smallest absolute Gasteiger partial charge is 0.195 e. The molecule has 0 aliphatic heterocycles. The van der Waals surface area contributed by atoms with Crippen LogP contribution in [0.5, 0.6) is 5.75 Å². The zero-order valence-corrected chi connectivity index (χ0v) is 10.7. The topological polar surface area (TPSA) is 35.5 Å². The molecule has 0 spiro atoms. The third-order valence-corrected chi connectivity index (χ3v) is 2.58. The highest BCUT2D eigenvalue weighted by Crippen LogP contribution is 2.21. The molecule has 0 aliphatic rings. The summed E-state index contributed by atoms with van der Waals surface area (Å²) in [6.07, 6.45) is 1.28. The van der Waals surface area contributed by atoms with Crippen molar-refractivity contribution in [3.8, 4) is 5.75 Å². The fourth-order valence-corrected chi connectivity index (χ4v) is 1.74. The molecular weight excluding hydrogens is 216 g/mol. The van der Waals surface area contributed by atoms with E-state index in [2.05, 4.69) is 0 Å². The van der Waals surface area contributed by atoms with Crippen molar-refractivity contribution in [3.05, 3.63) is 29.8 Å². The number of para-hydroxylation sites is 1. The van der Waals surface area contributed by atoms with Gasteiger partial charge in [0, 0.05) is 7.11 Å². The predicted molar refractivity (Wildman–Crippen MR) is 67.6 cm³/mol. The van der Waals surface area contributed by atoms with E-state index in [4.69, 9.17) is 9.47 Å². The molecule has 0 aliphatic carbocycles. The van der Waals surface area contributed by atoms with Crippen molar-refractivity contribution in [2.45, 2.75) is 32.8 Å². The first-order chi connectivity index (χ1) is 8.24. The molecule has 0 saturated carbocycles. The zero-order chi connectivity index (χ0) is 12.7. The van der Waals surface area contributed by atoms with Crippen molar-refractivity contribution in [3.63, 3.8) is 0 Å². The number of hydrogen-bond acceptors (Lipinski definition) is 3. The molecule has 0 heterocycles. The molecule has 94 valence electrons. The Balaban J connectivity index is 2.93. The Bertz CT molecular complexity index is 360. The summed E-state index contributed by atoms with van der Waals surface area (Å²) in [5, 5.41) is 0. The largest absolute Gasteiger partial charge is 0.493 e. The van der Waals surface area contributed by atoms with Gasteiger partial charge < -0.3 is 9.47 Å². The second-order valence-electron chi connectivity index (χ2n) is 3.81. The first-order valence-corrected chi connectivity index (χ1v) is 6.03. The molecule has 17 heavy (non-hydrogen) atoms. The molecule has 0 bridgehead atoms. The van der Waals surface area contributed by atoms with E-state index in [1.165, 1.54) is 0 Å². The summed E-state index contributed by atoms with van der Waals surface area (Å²) < 4.78 is 10.7. The van der Waals surface area contributed by atoms with Crippen molar-refractivity contribution in [1.82, 2.24) is 0 Å². The Morgan fingerprint density at radius 2 is 2.00 bits per heavy atom. The van der Waals surface area contributed by atoms with Crippen LogP contribution in [0.15, 0.2) is 24.3 Å². The molecule has 0 aromatic heterocycles. The molecular formula is C14H20O3. The van der Waals surface area contributed by atoms with Gasteiger partial charge in [-0.2, -0.15) is 0 Å². The number of hydrogen-bond donors (Lipinski definition) is 0. The normalized spacial score (nSPS) is 12.2. The van der Waals surface area contributed by atoms with E-state index in [1.54, 1.807) is 13.2 Å². The molecule has 0 N–H and O–H groups in total. The van der Waals surface area contributed by atoms with Crippen LogP contribution >= 0.6 is 0 Å². The Labute approximate surface area is 103 Å². The summed E-state index contributed by atoms with van der Waals surface area (Å²) in [4.78, 5) is 12.3. The third kappa shape index (κ3) is 3.56. The maximum absolute atomic E-state index is 12.3. The molecule has 1 aromatic carbocycles. The minimum absolute atomic E-state index is 0.00148. The lowest BCUT2D eigenvalue weighted by molar-refractivity contribution is 0.0575. The molecule has 1 unspecified atom stereocenters. The molecule has 0 amide bonds. The average molecular weight is 236 g/mol. The zero-order valence-electron chi connectivity index (χ0n) is 10.7. The first-order valence-electron chi connectivity index (χ1n) is 6.03. The van der Waals surface area contributed by atoms with E-state index in [9.17, 15) is 4.79 Å². The van der Waals surface area contributed by atoms with Crippen molar-refractivity contribution in [2.24, 2.45) is 0 Å². The predicted octanol–water partition coefficient (Wildman–Crippen LogP) is 3.08. The maximum Gasteiger partial charge on any atom is 0.195 e. The first kappa shape index (κ1) is 13.7. The molecule has 0 radical (unpaired) electrons. The summed E-state index contributed by atoms with van der Waals surface area (Å²) in [6.45, 7) is 4.49. The van der Waals surface area contributed by atoms with Crippen LogP contribution in [0.2, 0.25) is 0 Å². The summed E-state index contributed by atoms with van der Waals surface area (Å²) in [5.41, 5.74) is 0.606. The highest BCUT2D eigenvalue weighted by Gasteiger charge is 2.21. The van der Waals surface area contributed by atoms with Crippen LogP contribution in [0.4, 0.5) is 0 Å². The number of ketones is 1. The quantitative estimate of drug-likeness (QED) is 0.682. The second kappa shape index (κ2) is 7.07. The standard InChI is InChI=1S/C14H20O3/c1-4-8-13(16-3)14(15)11-9-6-7-10-12(11)17-5-2/h6-7,9-10,13H,4-5,8H2,1-3H3. The van der Waals surface area contributed by atoms with E-state index < -0.39 is 0 Å². The van der Waals surface area contributed by atoms with Crippen LogP contribution in [0.25, 0.3) is 0 Å². The number of carbonyl (C=O) groups excluding carboxylic acids is 1. The SMILES string of the molecule is CCCC(OC)C(=O)c1ccccc1OCC. The van der Waals surface area contributed by atoms with Gasteiger partial charge in [-0.15, -0.1) is 0 Å². The van der Waals surface area contributed by atoms with E-state index in [0.717, 1.165) is 12.8 Å². The van der Waals surface area contributed by atoms with Crippen LogP contribution in [-0.2, 0) is 4.74 Å². The number of methoxy groups -OCH3 is 1. The third-order valence-electron chi connectivity index (χ3n) is 2.58. The maximum atomic E-state index is 12.3. The Kier molecular flexibility index (Phi) is 5.70. The number of Topliss-reactive ketones (excluding diaryl/α,β-unsaturated/α-hetero) is 1. The van der Waals surface area contributed by atoms with Gasteiger partial charge in [-0.05, 0) is 25.5 Å². The van der Waals surface area contributed by atoms with Crippen LogP contribution < -0.4 is 4.74 Å². The molecule has 0 saturated heterocycles. The molecule has 0 fully saturated rings. The van der Waals surface area contributed by atoms with Gasteiger partial charge in [0.25, 0.3) is 0 Å². The minimum Gasteiger partial charge on any atom is -0.493 e. The van der Waals surface area contributed by atoms with E-state index in [1.807, 2.05) is 32.0 Å². The van der Waals surface area contributed by atoms with Crippen molar-refractivity contribution < 1.29 is 14.3 Å². The highest BCUT2D eigenvalue weighted by molar-refractivity contribution is 6.01. The summed E-state index contributed by atoms with van der Waals surface area (Å²) in [7, 11) is 1.57. The van der Waals surface area contributed by atoms with Gasteiger partial charge in [0.1, 0.15) is 11.9 Å². The van der Waals surface area contributed by atoms with Gasteiger partial charge in [-0.1, -0.05) is 25.5 Å². The summed E-state index contributed by atoms with van der Waals surface area (Å²) in [6, 6.07) is 7.31. The lowest BCUT2D eigenvalue weighted by atomic mass is 10.0. The van der Waals surface area contributed by atoms with Gasteiger partial charge in [-0.3, -0.25) is 4.79 Å². The Morgan fingerprint density at radius 3 is 2.59 bits per heavy atom. The molecule has 1 rings (SSSR count). The fraction of sp³-hybridized carbons (Fsp3) is 0.500. The Hall–Kier alpha value is -1.35. The van der Waals surface area contributed by atoms with Gasteiger partial charge in [0.05, 0.1) is 12.2 Å². The van der Waals surface area contributed by atoms with Crippen LogP contribution in [0, 0.1) is 0 Å². The van der Waals surface area contributed by atoms with Crippen molar-refractivity contribution in [2.75, 3.05) is 13.7 Å². The second-order valence-corrected chi connectivity index (χ2v) is 3.81. The van der Waals surface area contributed by atoms with Gasteiger partial charge in [-0.25, -0.2) is 0 Å². The summed E-state index contributed by atoms with van der Waals surface area (Å²) >= 11 is 0. The van der Waals surface area contributed by atoms with Gasteiger partial charge in [0.15, 0.2) is 5.78 Å². The fourth-order valence-electron chi connectivity index (χ4n) is 1.74. The van der Waals surface area contributed by atoms with Crippen molar-refractivity contribution in [1.29, 1.82) is 0 Å². The van der Waals surface area contributed by atoms with Crippen LogP contribution in [-0.4, -0.2) is 25.6 Å². The monoisotopic (exact) mass is 236 g/mol. The number of carbonyl (C=O) groups is 1. The number of benzene rings is 1. The molecule has 3 nitrogen and oxygen atoms in total. The van der Waals surface area contributed by atoms with Crippen LogP contribution in [0.1, 0.15) is 37.0 Å². The average Bonchev–Trinajstić information content (AvgIpc) is 2.36. The molecule has 1 aromatic rings. The van der Waals surface area contributed by atoms with Gasteiger partial charge in [0.2, 0.25) is 0 Å². The minimum atomic E-state index is -0.374.